The van der Waals surface area contributed by atoms with Gasteiger partial charge in [0, 0.05) is 10.7 Å². The molecular formula is C28H20F3I3O3S. The topological polar surface area (TPSA) is 43.4 Å². The van der Waals surface area contributed by atoms with E-state index in [4.69, 9.17) is 0 Å². The van der Waals surface area contributed by atoms with Crippen LogP contribution in [0.2, 0.25) is 0 Å². The first-order valence-corrected chi connectivity index (χ1v) is 15.8. The molecule has 0 fully saturated rings. The third-order valence-electron chi connectivity index (χ3n) is 6.24. The molecule has 0 aliphatic rings. The Bertz CT molecular complexity index is 1530. The number of hydrogen-bond acceptors (Lipinski definition) is 3. The zero-order chi connectivity index (χ0) is 27.9. The molecule has 0 amide bonds. The average Bonchev–Trinajstić information content (AvgIpc) is 2.85. The van der Waals surface area contributed by atoms with Gasteiger partial charge in [-0.1, -0.05) is 48.5 Å². The number of aryl methyl sites for hydroxylation is 2. The smallest absolute Gasteiger partial charge is 0.376 e. The highest BCUT2D eigenvalue weighted by atomic mass is 127. The highest BCUT2D eigenvalue weighted by Gasteiger charge is 2.48. The zero-order valence-corrected chi connectivity index (χ0v) is 27.3. The van der Waals surface area contributed by atoms with E-state index in [1.165, 1.54) is 12.1 Å². The van der Waals surface area contributed by atoms with Gasteiger partial charge in [0.15, 0.2) is 0 Å². The normalized spacial score (nSPS) is 12.4. The standard InChI is InChI=1S/C28H20F3I3O3S/c1-17-15-21(7-13-25(17)33)27(19-3-9-23(32)10-4-19,22-8-14-26(34)18(2)16-22)20-5-11-24(12-6-20)37-38(35,36)28(29,30)31/h3-16H,1-2H3. The van der Waals surface area contributed by atoms with Crippen LogP contribution in [0.1, 0.15) is 33.4 Å². The van der Waals surface area contributed by atoms with Gasteiger partial charge in [0.2, 0.25) is 0 Å². The predicted molar refractivity (Wildman–Crippen MR) is 168 cm³/mol. The summed E-state index contributed by atoms with van der Waals surface area (Å²) in [5, 5.41) is 0. The fourth-order valence-electron chi connectivity index (χ4n) is 4.39. The minimum Gasteiger partial charge on any atom is -0.376 e. The SMILES string of the molecule is Cc1cc(C(c2ccc(I)cc2)(c2ccc(OS(=O)(=O)C(F)(F)F)cc2)c2ccc(I)c(C)c2)ccc1I. The quantitative estimate of drug-likeness (QED) is 0.0844. The highest BCUT2D eigenvalue weighted by Crippen LogP contribution is 2.46. The minimum atomic E-state index is -5.78. The summed E-state index contributed by atoms with van der Waals surface area (Å²) < 4.78 is 69.5. The minimum absolute atomic E-state index is 0.417. The average molecular weight is 874 g/mol. The molecule has 0 atom stereocenters. The van der Waals surface area contributed by atoms with Crippen LogP contribution in [-0.2, 0) is 15.5 Å². The van der Waals surface area contributed by atoms with E-state index in [2.05, 4.69) is 96.2 Å². The molecule has 4 aromatic carbocycles. The van der Waals surface area contributed by atoms with Crippen LogP contribution < -0.4 is 4.18 Å². The van der Waals surface area contributed by atoms with Gasteiger partial charge in [-0.15, -0.1) is 0 Å². The predicted octanol–water partition coefficient (Wildman–Crippen LogP) is 8.73. The van der Waals surface area contributed by atoms with E-state index in [-0.39, 0.29) is 0 Å². The van der Waals surface area contributed by atoms with E-state index in [0.717, 1.165) is 44.1 Å². The van der Waals surface area contributed by atoms with Crippen LogP contribution in [-0.4, -0.2) is 13.9 Å². The molecule has 0 bridgehead atoms. The fraction of sp³-hybridized carbons (Fsp3) is 0.143. The molecule has 10 heteroatoms. The van der Waals surface area contributed by atoms with E-state index in [9.17, 15) is 21.6 Å². The van der Waals surface area contributed by atoms with Gasteiger partial charge in [-0.2, -0.15) is 21.6 Å². The first-order chi connectivity index (χ1) is 17.8. The molecular weight excluding hydrogens is 854 g/mol. The van der Waals surface area contributed by atoms with Gasteiger partial charge < -0.3 is 4.18 Å². The third kappa shape index (κ3) is 5.73. The molecule has 0 aliphatic heterocycles. The van der Waals surface area contributed by atoms with Crippen LogP contribution in [0, 0.1) is 24.6 Å². The Morgan fingerprint density at radius 3 is 1.42 bits per heavy atom. The Labute approximate surface area is 260 Å². The monoisotopic (exact) mass is 874 g/mol. The van der Waals surface area contributed by atoms with Gasteiger partial charge in [0.05, 0.1) is 5.41 Å². The van der Waals surface area contributed by atoms with E-state index < -0.39 is 26.8 Å². The number of halogens is 6. The van der Waals surface area contributed by atoms with Crippen LogP contribution in [0.5, 0.6) is 5.75 Å². The van der Waals surface area contributed by atoms with E-state index in [1.807, 2.05) is 50.2 Å². The Morgan fingerprint density at radius 1 is 0.632 bits per heavy atom. The van der Waals surface area contributed by atoms with Gasteiger partial charge in [-0.3, -0.25) is 0 Å². The summed E-state index contributed by atoms with van der Waals surface area (Å²) in [6, 6.07) is 26.3. The van der Waals surface area contributed by atoms with E-state index in [1.54, 1.807) is 12.1 Å². The van der Waals surface area contributed by atoms with Crippen molar-refractivity contribution in [1.29, 1.82) is 0 Å². The number of rotatable bonds is 6. The van der Waals surface area contributed by atoms with Crippen molar-refractivity contribution in [3.05, 3.63) is 129 Å². The summed E-state index contributed by atoms with van der Waals surface area (Å²) in [7, 11) is -5.78. The van der Waals surface area contributed by atoms with Crippen molar-refractivity contribution in [3.63, 3.8) is 0 Å². The maximum atomic E-state index is 12.9. The van der Waals surface area contributed by atoms with Gasteiger partial charge in [-0.05, 0) is 151 Å². The first kappa shape index (κ1) is 29.6. The maximum absolute atomic E-state index is 12.9. The van der Waals surface area contributed by atoms with E-state index >= 15 is 0 Å². The number of alkyl halides is 3. The maximum Gasteiger partial charge on any atom is 0.534 e. The van der Waals surface area contributed by atoms with E-state index in [0.29, 0.717) is 0 Å². The lowest BCUT2D eigenvalue weighted by Gasteiger charge is -2.37. The second-order valence-electron chi connectivity index (χ2n) is 8.69. The van der Waals surface area contributed by atoms with Crippen LogP contribution in [0.25, 0.3) is 0 Å². The summed E-state index contributed by atoms with van der Waals surface area (Å²) in [6.45, 7) is 4.06. The van der Waals surface area contributed by atoms with Crippen LogP contribution in [0.4, 0.5) is 13.2 Å². The van der Waals surface area contributed by atoms with Crippen molar-refractivity contribution in [3.8, 4) is 5.75 Å². The Kier molecular flexibility index (Phi) is 8.75. The lowest BCUT2D eigenvalue weighted by Crippen LogP contribution is -2.31. The summed E-state index contributed by atoms with van der Waals surface area (Å²) in [4.78, 5) is 0. The van der Waals surface area contributed by atoms with Crippen molar-refractivity contribution < 1.29 is 25.8 Å². The van der Waals surface area contributed by atoms with Crippen molar-refractivity contribution in [2.45, 2.75) is 24.8 Å². The van der Waals surface area contributed by atoms with Crippen molar-refractivity contribution in [2.75, 3.05) is 0 Å². The van der Waals surface area contributed by atoms with Gasteiger partial charge in [0.25, 0.3) is 0 Å². The Morgan fingerprint density at radius 2 is 1.03 bits per heavy atom. The molecule has 0 spiro atoms. The second kappa shape index (κ2) is 11.2. The van der Waals surface area contributed by atoms with Crippen LogP contribution in [0.3, 0.4) is 0 Å². The number of benzene rings is 4. The summed E-state index contributed by atoms with van der Waals surface area (Å²) in [5.41, 5.74) is -0.577. The molecule has 3 nitrogen and oxygen atoms in total. The summed E-state index contributed by atoms with van der Waals surface area (Å²) >= 11 is 6.81. The largest absolute Gasteiger partial charge is 0.534 e. The first-order valence-electron chi connectivity index (χ1n) is 11.2. The zero-order valence-electron chi connectivity index (χ0n) is 20.0. The van der Waals surface area contributed by atoms with Crippen molar-refractivity contribution >= 4 is 77.9 Å². The van der Waals surface area contributed by atoms with Crippen LogP contribution >= 0.6 is 67.8 Å². The van der Waals surface area contributed by atoms with Gasteiger partial charge >= 0.3 is 15.6 Å². The van der Waals surface area contributed by atoms with Gasteiger partial charge in [0.1, 0.15) is 5.75 Å². The molecule has 0 heterocycles. The molecule has 0 unspecified atom stereocenters. The number of hydrogen-bond donors (Lipinski definition) is 0. The molecule has 4 aromatic rings. The highest BCUT2D eigenvalue weighted by molar-refractivity contribution is 14.1. The molecule has 4 rings (SSSR count). The molecule has 0 aliphatic carbocycles. The Balaban J connectivity index is 2.03. The molecule has 0 aromatic heterocycles. The summed E-state index contributed by atoms with van der Waals surface area (Å²) in [6.07, 6.45) is 0. The third-order valence-corrected chi connectivity index (χ3v) is 10.4. The van der Waals surface area contributed by atoms with Crippen molar-refractivity contribution in [1.82, 2.24) is 0 Å². The van der Waals surface area contributed by atoms with Crippen LogP contribution in [0.15, 0.2) is 84.9 Å². The Hall–Kier alpha value is -1.39. The second-order valence-corrected chi connectivity index (χ2v) is 13.8. The lowest BCUT2D eigenvalue weighted by atomic mass is 9.65. The van der Waals surface area contributed by atoms with Crippen molar-refractivity contribution in [2.24, 2.45) is 0 Å². The van der Waals surface area contributed by atoms with Gasteiger partial charge in [-0.25, -0.2) is 0 Å². The fourth-order valence-corrected chi connectivity index (χ4v) is 5.88. The lowest BCUT2D eigenvalue weighted by molar-refractivity contribution is -0.0500. The molecule has 0 saturated carbocycles. The molecule has 0 N–H and O–H groups in total. The molecule has 0 saturated heterocycles. The molecule has 38 heavy (non-hydrogen) atoms. The summed E-state index contributed by atoms with van der Waals surface area (Å²) in [5.74, 6) is -0.417. The molecule has 198 valence electrons. The molecule has 0 radical (unpaired) electrons.